The summed E-state index contributed by atoms with van der Waals surface area (Å²) in [6, 6.07) is 4.55. The molecule has 1 aliphatic rings. The van der Waals surface area contributed by atoms with E-state index in [2.05, 4.69) is 0 Å². The van der Waals surface area contributed by atoms with Crippen molar-refractivity contribution in [1.82, 2.24) is 4.90 Å². The fourth-order valence-corrected chi connectivity index (χ4v) is 2.43. The topological polar surface area (TPSA) is 83.7 Å². The molecule has 1 heterocycles. The number of aliphatic carboxylic acids is 1. The zero-order valence-corrected chi connectivity index (χ0v) is 12.1. The second-order valence-electron chi connectivity index (χ2n) is 4.59. The number of benzene rings is 1. The molecule has 1 aliphatic heterocycles. The molecular weight excluding hydrogens is 307 g/mol. The highest BCUT2D eigenvalue weighted by molar-refractivity contribution is 6.30. The third-order valence-corrected chi connectivity index (χ3v) is 3.49. The van der Waals surface area contributed by atoms with E-state index in [9.17, 15) is 14.9 Å². The average Bonchev–Trinajstić information content (AvgIpc) is 2.80. The molecule has 0 aromatic heterocycles. The van der Waals surface area contributed by atoms with Gasteiger partial charge in [0.2, 0.25) is 0 Å². The summed E-state index contributed by atoms with van der Waals surface area (Å²) in [7, 11) is 0. The van der Waals surface area contributed by atoms with E-state index in [1.54, 1.807) is 12.1 Å². The van der Waals surface area contributed by atoms with E-state index in [1.807, 2.05) is 4.90 Å². The van der Waals surface area contributed by atoms with E-state index >= 15 is 0 Å². The van der Waals surface area contributed by atoms with Gasteiger partial charge in [-0.1, -0.05) is 11.6 Å². The van der Waals surface area contributed by atoms with Crippen molar-refractivity contribution in [1.29, 1.82) is 0 Å². The number of hydrogen-bond donors (Lipinski definition) is 1. The molecule has 1 unspecified atom stereocenters. The molecule has 0 aliphatic carbocycles. The number of rotatable bonds is 4. The smallest absolute Gasteiger partial charge is 0.307 e. The Morgan fingerprint density at radius 2 is 2.25 bits per heavy atom. The van der Waals surface area contributed by atoms with E-state index in [1.165, 1.54) is 6.07 Å². The first kappa shape index (κ1) is 16.7. The van der Waals surface area contributed by atoms with Crippen molar-refractivity contribution in [2.75, 3.05) is 13.1 Å². The lowest BCUT2D eigenvalue weighted by atomic mass is 10.1. The molecule has 0 spiro atoms. The summed E-state index contributed by atoms with van der Waals surface area (Å²) in [6.07, 6.45) is 0.580. The lowest BCUT2D eigenvalue weighted by Crippen LogP contribution is -2.23. The maximum atomic E-state index is 11.0. The number of carbonyl (C=O) groups is 1. The van der Waals surface area contributed by atoms with Crippen molar-refractivity contribution in [2.45, 2.75) is 13.0 Å². The highest BCUT2D eigenvalue weighted by atomic mass is 35.5. The SMILES string of the molecule is Cl.O=C(O)C1CCN(Cc2ccc(Cl)cc2[N+](=O)[O-])C1. The molecule has 110 valence electrons. The first-order valence-electron chi connectivity index (χ1n) is 5.85. The Hall–Kier alpha value is -1.37. The van der Waals surface area contributed by atoms with Crippen LogP contribution in [-0.4, -0.2) is 34.0 Å². The summed E-state index contributed by atoms with van der Waals surface area (Å²) in [5.41, 5.74) is 0.534. The summed E-state index contributed by atoms with van der Waals surface area (Å²) in [5.74, 6) is -1.19. The second kappa shape index (κ2) is 6.88. The molecule has 1 atom stereocenters. The Balaban J connectivity index is 0.00000200. The fourth-order valence-electron chi connectivity index (χ4n) is 2.26. The predicted octanol–water partition coefficient (Wildman–Crippen LogP) is 2.58. The van der Waals surface area contributed by atoms with Gasteiger partial charge >= 0.3 is 5.97 Å². The number of carboxylic acid groups (broad SMARTS) is 1. The molecule has 1 aromatic rings. The highest BCUT2D eigenvalue weighted by Crippen LogP contribution is 2.26. The number of nitro groups is 1. The normalized spacial score (nSPS) is 18.6. The number of nitro benzene ring substituents is 1. The number of hydrogen-bond acceptors (Lipinski definition) is 4. The van der Waals surface area contributed by atoms with Gasteiger partial charge in [0.1, 0.15) is 0 Å². The minimum Gasteiger partial charge on any atom is -0.481 e. The molecule has 0 radical (unpaired) electrons. The lowest BCUT2D eigenvalue weighted by molar-refractivity contribution is -0.385. The monoisotopic (exact) mass is 320 g/mol. The van der Waals surface area contributed by atoms with Crippen LogP contribution in [0.5, 0.6) is 0 Å². The van der Waals surface area contributed by atoms with Gasteiger partial charge < -0.3 is 5.11 Å². The molecule has 0 saturated carbocycles. The number of likely N-dealkylation sites (tertiary alicyclic amines) is 1. The van der Waals surface area contributed by atoms with Crippen LogP contribution in [0.3, 0.4) is 0 Å². The molecule has 6 nitrogen and oxygen atoms in total. The molecular formula is C12H14Cl2N2O4. The Morgan fingerprint density at radius 1 is 1.55 bits per heavy atom. The molecule has 8 heteroatoms. The number of halogens is 2. The van der Waals surface area contributed by atoms with Crippen LogP contribution >= 0.6 is 24.0 Å². The summed E-state index contributed by atoms with van der Waals surface area (Å²) >= 11 is 5.75. The van der Waals surface area contributed by atoms with Crippen LogP contribution < -0.4 is 0 Å². The van der Waals surface area contributed by atoms with Gasteiger partial charge in [-0.2, -0.15) is 0 Å². The van der Waals surface area contributed by atoms with Crippen LogP contribution in [0.2, 0.25) is 5.02 Å². The van der Waals surface area contributed by atoms with E-state index in [0.717, 1.165) is 0 Å². The second-order valence-corrected chi connectivity index (χ2v) is 5.03. The zero-order chi connectivity index (χ0) is 14.0. The summed E-state index contributed by atoms with van der Waals surface area (Å²) in [6.45, 7) is 1.43. The Morgan fingerprint density at radius 3 is 2.80 bits per heavy atom. The summed E-state index contributed by atoms with van der Waals surface area (Å²) in [4.78, 5) is 23.3. The minimum atomic E-state index is -0.812. The van der Waals surface area contributed by atoms with Gasteiger partial charge in [0.05, 0.1) is 10.8 Å². The van der Waals surface area contributed by atoms with E-state index in [4.69, 9.17) is 16.7 Å². The molecule has 1 aromatic carbocycles. The Bertz CT molecular complexity index is 524. The van der Waals surface area contributed by atoms with Gasteiger partial charge in [-0.3, -0.25) is 19.8 Å². The predicted molar refractivity (Wildman–Crippen MR) is 76.4 cm³/mol. The minimum absolute atomic E-state index is 0. The van der Waals surface area contributed by atoms with Gasteiger partial charge in [0, 0.05) is 29.7 Å². The van der Waals surface area contributed by atoms with E-state index in [0.29, 0.717) is 36.6 Å². The summed E-state index contributed by atoms with van der Waals surface area (Å²) in [5, 5.41) is 20.2. The maximum absolute atomic E-state index is 11.0. The third-order valence-electron chi connectivity index (χ3n) is 3.26. The van der Waals surface area contributed by atoms with Crippen molar-refractivity contribution in [3.8, 4) is 0 Å². The highest BCUT2D eigenvalue weighted by Gasteiger charge is 2.29. The standard InChI is InChI=1S/C12H13ClN2O4.ClH/c13-10-2-1-8(11(5-10)15(18)19)6-14-4-3-9(7-14)12(16)17;/h1-2,5,9H,3-4,6-7H2,(H,16,17);1H. The van der Waals surface area contributed by atoms with Crippen molar-refractivity contribution < 1.29 is 14.8 Å². The van der Waals surface area contributed by atoms with Gasteiger partial charge in [-0.15, -0.1) is 12.4 Å². The zero-order valence-electron chi connectivity index (χ0n) is 10.5. The quantitative estimate of drug-likeness (QED) is 0.681. The van der Waals surface area contributed by atoms with Crippen molar-refractivity contribution >= 4 is 35.7 Å². The van der Waals surface area contributed by atoms with Crippen molar-refractivity contribution in [3.05, 3.63) is 38.9 Å². The number of nitrogens with zero attached hydrogens (tertiary/aromatic N) is 2. The lowest BCUT2D eigenvalue weighted by Gasteiger charge is -2.15. The fraction of sp³-hybridized carbons (Fsp3) is 0.417. The van der Waals surface area contributed by atoms with Gasteiger partial charge in [0.25, 0.3) is 5.69 Å². The first-order valence-corrected chi connectivity index (χ1v) is 6.23. The molecule has 20 heavy (non-hydrogen) atoms. The molecule has 1 N–H and O–H groups in total. The van der Waals surface area contributed by atoms with Crippen LogP contribution in [0, 0.1) is 16.0 Å². The Labute approximate surface area is 126 Å². The Kier molecular flexibility index (Phi) is 5.74. The van der Waals surface area contributed by atoms with Crippen LogP contribution in [0.4, 0.5) is 5.69 Å². The third kappa shape index (κ3) is 3.82. The molecule has 1 saturated heterocycles. The van der Waals surface area contributed by atoms with Crippen LogP contribution in [-0.2, 0) is 11.3 Å². The van der Waals surface area contributed by atoms with E-state index < -0.39 is 10.9 Å². The van der Waals surface area contributed by atoms with E-state index in [-0.39, 0.29) is 24.0 Å². The summed E-state index contributed by atoms with van der Waals surface area (Å²) < 4.78 is 0. The first-order chi connectivity index (χ1) is 8.97. The van der Waals surface area contributed by atoms with Crippen molar-refractivity contribution in [2.24, 2.45) is 5.92 Å². The van der Waals surface area contributed by atoms with Gasteiger partial charge in [-0.25, -0.2) is 0 Å². The molecule has 2 rings (SSSR count). The maximum Gasteiger partial charge on any atom is 0.307 e. The largest absolute Gasteiger partial charge is 0.481 e. The van der Waals surface area contributed by atoms with Crippen LogP contribution in [0.15, 0.2) is 18.2 Å². The van der Waals surface area contributed by atoms with Crippen LogP contribution in [0.25, 0.3) is 0 Å². The molecule has 0 amide bonds. The molecule has 1 fully saturated rings. The van der Waals surface area contributed by atoms with Gasteiger partial charge in [0.15, 0.2) is 0 Å². The average molecular weight is 321 g/mol. The molecule has 0 bridgehead atoms. The van der Waals surface area contributed by atoms with Gasteiger partial charge in [-0.05, 0) is 25.1 Å². The van der Waals surface area contributed by atoms with Crippen LogP contribution in [0.1, 0.15) is 12.0 Å². The van der Waals surface area contributed by atoms with Crippen molar-refractivity contribution in [3.63, 3.8) is 0 Å². The number of carboxylic acids is 1.